The van der Waals surface area contributed by atoms with Crippen LogP contribution in [-0.4, -0.2) is 28.9 Å². The summed E-state index contributed by atoms with van der Waals surface area (Å²) in [7, 11) is 0. The molecule has 0 aromatic carbocycles. The Balaban J connectivity index is 1.80. The highest BCUT2D eigenvalue weighted by atomic mass is 16.5. The molecule has 1 N–H and O–H groups in total. The van der Waals surface area contributed by atoms with E-state index in [2.05, 4.69) is 67.2 Å². The van der Waals surface area contributed by atoms with E-state index in [0.29, 0.717) is 37.4 Å². The van der Waals surface area contributed by atoms with Crippen LogP contribution >= 0.6 is 0 Å². The molecule has 0 aliphatic heterocycles. The lowest BCUT2D eigenvalue weighted by atomic mass is 9.44. The van der Waals surface area contributed by atoms with E-state index in [1.807, 2.05) is 0 Å². The second-order valence-electron chi connectivity index (χ2n) is 14.1. The Morgan fingerprint density at radius 3 is 2.37 bits per heavy atom. The summed E-state index contributed by atoms with van der Waals surface area (Å²) in [6.07, 6.45) is 9.00. The Morgan fingerprint density at radius 1 is 1.13 bits per heavy atom. The Labute approximate surface area is 229 Å². The fraction of sp³-hybridized carbons (Fsp3) is 0.727. The van der Waals surface area contributed by atoms with Gasteiger partial charge in [-0.25, -0.2) is 0 Å². The molecule has 5 heteroatoms. The number of carboxylic acid groups (broad SMARTS) is 1. The van der Waals surface area contributed by atoms with Crippen LogP contribution in [0.2, 0.25) is 0 Å². The van der Waals surface area contributed by atoms with E-state index in [-0.39, 0.29) is 28.6 Å². The summed E-state index contributed by atoms with van der Waals surface area (Å²) < 4.78 is 6.08. The van der Waals surface area contributed by atoms with Crippen molar-refractivity contribution in [3.8, 4) is 0 Å². The number of Topliss-reactive ketones (excluding diaryl/α,β-unsaturated/α-hetero) is 1. The van der Waals surface area contributed by atoms with Gasteiger partial charge in [0.05, 0.1) is 5.92 Å². The summed E-state index contributed by atoms with van der Waals surface area (Å²) in [5.74, 6) is -0.888. The first-order valence-electron chi connectivity index (χ1n) is 14.5. The molecule has 0 bridgehead atoms. The van der Waals surface area contributed by atoms with Crippen molar-refractivity contribution in [3.63, 3.8) is 0 Å². The van der Waals surface area contributed by atoms with Crippen molar-refractivity contribution in [3.05, 3.63) is 35.5 Å². The Hall–Kier alpha value is -2.17. The predicted octanol–water partition coefficient (Wildman–Crippen LogP) is 7.32. The molecule has 4 rings (SSSR count). The maximum absolute atomic E-state index is 12.9. The van der Waals surface area contributed by atoms with Gasteiger partial charge in [0.25, 0.3) is 0 Å². The largest absolute Gasteiger partial charge is 0.481 e. The van der Waals surface area contributed by atoms with Crippen molar-refractivity contribution in [2.75, 3.05) is 0 Å². The average Bonchev–Trinajstić information content (AvgIpc) is 3.03. The van der Waals surface area contributed by atoms with Crippen LogP contribution in [0.4, 0.5) is 0 Å². The van der Waals surface area contributed by atoms with E-state index in [9.17, 15) is 19.5 Å². The van der Waals surface area contributed by atoms with E-state index in [0.717, 1.165) is 24.8 Å². The third-order valence-corrected chi connectivity index (χ3v) is 11.8. The van der Waals surface area contributed by atoms with Gasteiger partial charge >= 0.3 is 11.9 Å². The Kier molecular flexibility index (Phi) is 7.20. The molecule has 5 nitrogen and oxygen atoms in total. The standard InChI is InChI=1S/C33H48O5/c1-19(2)20(3)10-11-22(29(36)37)25-18-28(38-21(4)34)33(9)24-12-13-26-30(5,6)27(35)15-16-31(26,7)23(24)14-17-32(25,33)8/h12,14,19,22,25-26,28H,3,10-11,13,15-18H2,1-2,4-9H3,(H,36,37)/t22-,25+,26-,28-,31+,32+,33+/m0/s1. The maximum atomic E-state index is 12.9. The van der Waals surface area contributed by atoms with Crippen LogP contribution in [-0.2, 0) is 19.1 Å². The van der Waals surface area contributed by atoms with Crippen LogP contribution in [0.3, 0.4) is 0 Å². The first-order chi connectivity index (χ1) is 17.5. The number of carbonyl (C=O) groups is 3. The third kappa shape index (κ3) is 4.05. The molecule has 0 radical (unpaired) electrons. The number of ether oxygens (including phenoxy) is 1. The first kappa shape index (κ1) is 28.8. The SMILES string of the molecule is C=C(CC[C@H](C(=O)O)[C@H]1C[C@H](OC(C)=O)[C@@]2(C)C3=CC[C@H]4C(C)(C)C(=O)CC[C@]4(C)C3=CC[C@]12C)C(C)C. The van der Waals surface area contributed by atoms with E-state index in [1.54, 1.807) is 0 Å². The zero-order chi connectivity index (χ0) is 28.4. The van der Waals surface area contributed by atoms with Gasteiger partial charge in [-0.15, -0.1) is 0 Å². The first-order valence-corrected chi connectivity index (χ1v) is 14.5. The number of esters is 1. The van der Waals surface area contributed by atoms with Crippen LogP contribution in [0.5, 0.6) is 0 Å². The Bertz CT molecular complexity index is 1110. The molecule has 2 fully saturated rings. The zero-order valence-electron chi connectivity index (χ0n) is 24.8. The zero-order valence-corrected chi connectivity index (χ0v) is 24.8. The van der Waals surface area contributed by atoms with Crippen LogP contribution in [0, 0.1) is 45.3 Å². The number of hydrogen-bond donors (Lipinski definition) is 1. The second-order valence-corrected chi connectivity index (χ2v) is 14.1. The van der Waals surface area contributed by atoms with Crippen molar-refractivity contribution in [1.29, 1.82) is 0 Å². The number of hydrogen-bond acceptors (Lipinski definition) is 4. The summed E-state index contributed by atoms with van der Waals surface area (Å²) >= 11 is 0. The molecule has 0 spiro atoms. The molecule has 0 aromatic heterocycles. The summed E-state index contributed by atoms with van der Waals surface area (Å²) in [6.45, 7) is 20.8. The molecular weight excluding hydrogens is 476 g/mol. The van der Waals surface area contributed by atoms with Gasteiger partial charge < -0.3 is 9.84 Å². The van der Waals surface area contributed by atoms with Gasteiger partial charge in [0.2, 0.25) is 0 Å². The summed E-state index contributed by atoms with van der Waals surface area (Å²) in [5.41, 5.74) is 2.19. The normalized spacial score (nSPS) is 38.3. The molecule has 0 heterocycles. The molecule has 7 atom stereocenters. The Morgan fingerprint density at radius 2 is 1.79 bits per heavy atom. The lowest BCUT2D eigenvalue weighted by Gasteiger charge is -2.60. The van der Waals surface area contributed by atoms with Crippen molar-refractivity contribution in [2.24, 2.45) is 45.3 Å². The van der Waals surface area contributed by atoms with E-state index < -0.39 is 28.8 Å². The molecule has 2 saturated carbocycles. The highest BCUT2D eigenvalue weighted by Crippen LogP contribution is 2.72. The summed E-state index contributed by atoms with van der Waals surface area (Å²) in [5, 5.41) is 10.5. The minimum absolute atomic E-state index is 0.133. The lowest BCUT2D eigenvalue weighted by Crippen LogP contribution is -2.55. The molecule has 210 valence electrons. The van der Waals surface area contributed by atoms with Gasteiger partial charge in [-0.1, -0.05) is 72.8 Å². The fourth-order valence-electron chi connectivity index (χ4n) is 8.96. The number of fused-ring (bicyclic) bond motifs is 5. The molecule has 4 aliphatic rings. The van der Waals surface area contributed by atoms with Crippen molar-refractivity contribution in [2.45, 2.75) is 106 Å². The topological polar surface area (TPSA) is 80.7 Å². The van der Waals surface area contributed by atoms with Gasteiger partial charge in [-0.05, 0) is 78.3 Å². The van der Waals surface area contributed by atoms with Gasteiger partial charge in [0.1, 0.15) is 11.9 Å². The molecule has 0 saturated heterocycles. The number of carboxylic acids is 1. The molecular formula is C33H48O5. The monoisotopic (exact) mass is 524 g/mol. The van der Waals surface area contributed by atoms with Crippen LogP contribution in [0.15, 0.2) is 35.5 Å². The van der Waals surface area contributed by atoms with Gasteiger partial charge in [-0.2, -0.15) is 0 Å². The number of ketones is 1. The molecule has 0 unspecified atom stereocenters. The van der Waals surface area contributed by atoms with Gasteiger partial charge in [-0.3, -0.25) is 14.4 Å². The molecule has 38 heavy (non-hydrogen) atoms. The minimum Gasteiger partial charge on any atom is -0.481 e. The quantitative estimate of drug-likeness (QED) is 0.279. The molecule has 0 aromatic rings. The van der Waals surface area contributed by atoms with E-state index >= 15 is 0 Å². The van der Waals surface area contributed by atoms with Crippen molar-refractivity contribution in [1.82, 2.24) is 0 Å². The highest BCUT2D eigenvalue weighted by Gasteiger charge is 2.68. The number of aliphatic carboxylic acids is 1. The van der Waals surface area contributed by atoms with Gasteiger partial charge in [0, 0.05) is 24.2 Å². The molecule has 0 amide bonds. The van der Waals surface area contributed by atoms with Crippen molar-refractivity contribution >= 4 is 17.7 Å². The number of carbonyl (C=O) groups excluding carboxylic acids is 2. The second kappa shape index (κ2) is 9.48. The smallest absolute Gasteiger partial charge is 0.306 e. The molecule has 4 aliphatic carbocycles. The van der Waals surface area contributed by atoms with E-state index in [1.165, 1.54) is 18.1 Å². The van der Waals surface area contributed by atoms with E-state index in [4.69, 9.17) is 4.74 Å². The van der Waals surface area contributed by atoms with Crippen LogP contribution in [0.25, 0.3) is 0 Å². The lowest BCUT2D eigenvalue weighted by molar-refractivity contribution is -0.153. The highest BCUT2D eigenvalue weighted by molar-refractivity contribution is 5.86. The van der Waals surface area contributed by atoms with Crippen LogP contribution < -0.4 is 0 Å². The predicted molar refractivity (Wildman–Crippen MR) is 149 cm³/mol. The van der Waals surface area contributed by atoms with Crippen LogP contribution in [0.1, 0.15) is 100 Å². The minimum atomic E-state index is -0.773. The van der Waals surface area contributed by atoms with Gasteiger partial charge in [0.15, 0.2) is 0 Å². The van der Waals surface area contributed by atoms with Crippen molar-refractivity contribution < 1.29 is 24.2 Å². The number of rotatable bonds is 7. The third-order valence-electron chi connectivity index (χ3n) is 11.8. The summed E-state index contributed by atoms with van der Waals surface area (Å²) in [6, 6.07) is 0. The fourth-order valence-corrected chi connectivity index (χ4v) is 8.96. The average molecular weight is 525 g/mol. The number of allylic oxidation sites excluding steroid dienone is 4. The maximum Gasteiger partial charge on any atom is 0.306 e. The summed E-state index contributed by atoms with van der Waals surface area (Å²) in [4.78, 5) is 38.0.